The summed E-state index contributed by atoms with van der Waals surface area (Å²) in [5, 5.41) is 0. The molecule has 0 saturated carbocycles. The number of benzene rings is 2. The second-order valence-corrected chi connectivity index (χ2v) is 6.15. The third kappa shape index (κ3) is 6.81. The molecular weight excluding hydrogens is 388 g/mol. The lowest BCUT2D eigenvalue weighted by atomic mass is 10.2. The van der Waals surface area contributed by atoms with Gasteiger partial charge in [-0.2, -0.15) is 13.2 Å². The normalized spacial score (nSPS) is 11.0. The fourth-order valence-corrected chi connectivity index (χ4v) is 2.57. The quantitative estimate of drug-likeness (QED) is 0.443. The Labute approximate surface area is 156 Å². The van der Waals surface area contributed by atoms with Crippen LogP contribution in [0.5, 0.6) is 5.75 Å². The minimum atomic E-state index is -4.52. The molecule has 144 valence electrons. The fourth-order valence-electron chi connectivity index (χ4n) is 1.83. The molecule has 0 atom stereocenters. The van der Waals surface area contributed by atoms with Gasteiger partial charge in [0.2, 0.25) is 5.91 Å². The van der Waals surface area contributed by atoms with Crippen molar-refractivity contribution < 1.29 is 31.9 Å². The molecule has 10 heteroatoms. The molecule has 0 heterocycles. The van der Waals surface area contributed by atoms with E-state index in [4.69, 9.17) is 4.74 Å². The first kappa shape index (κ1) is 20.6. The summed E-state index contributed by atoms with van der Waals surface area (Å²) in [5.41, 5.74) is 3.25. The molecule has 0 radical (unpaired) electrons. The highest BCUT2D eigenvalue weighted by Gasteiger charge is 2.30. The standard InChI is InChI=1S/C17H14F4N2O3S/c18-13-6-1-2-7-14(13)27-10-16(25)23-22-15(24)9-26-12-5-3-4-11(8-12)17(19,20)21/h1-8H,9-10H2,(H,22,24)(H,23,25). The number of ether oxygens (including phenoxy) is 1. The molecule has 0 bridgehead atoms. The average molecular weight is 402 g/mol. The van der Waals surface area contributed by atoms with Crippen molar-refractivity contribution in [3.05, 3.63) is 59.9 Å². The molecule has 0 spiro atoms. The van der Waals surface area contributed by atoms with Gasteiger partial charge in [0, 0.05) is 4.90 Å². The summed E-state index contributed by atoms with van der Waals surface area (Å²) in [7, 11) is 0. The Morgan fingerprint density at radius 2 is 1.70 bits per heavy atom. The maximum absolute atomic E-state index is 13.4. The van der Waals surface area contributed by atoms with Gasteiger partial charge in [0.1, 0.15) is 11.6 Å². The van der Waals surface area contributed by atoms with Crippen LogP contribution < -0.4 is 15.6 Å². The first-order chi connectivity index (χ1) is 12.8. The van der Waals surface area contributed by atoms with Crippen molar-refractivity contribution in [3.63, 3.8) is 0 Å². The van der Waals surface area contributed by atoms with Gasteiger partial charge in [-0.1, -0.05) is 18.2 Å². The van der Waals surface area contributed by atoms with Gasteiger partial charge < -0.3 is 4.74 Å². The molecule has 2 amide bonds. The molecular formula is C17H14F4N2O3S. The third-order valence-corrected chi connectivity index (χ3v) is 4.12. The maximum atomic E-state index is 13.4. The van der Waals surface area contributed by atoms with Gasteiger partial charge in [-0.05, 0) is 30.3 Å². The SMILES string of the molecule is O=C(COc1cccc(C(F)(F)F)c1)NNC(=O)CSc1ccccc1F. The Balaban J connectivity index is 1.73. The molecule has 2 aromatic carbocycles. The number of nitrogens with one attached hydrogen (secondary N) is 2. The molecule has 0 unspecified atom stereocenters. The van der Waals surface area contributed by atoms with Crippen molar-refractivity contribution in [2.75, 3.05) is 12.4 Å². The van der Waals surface area contributed by atoms with Gasteiger partial charge in [-0.15, -0.1) is 11.8 Å². The van der Waals surface area contributed by atoms with E-state index in [-0.39, 0.29) is 16.4 Å². The van der Waals surface area contributed by atoms with E-state index < -0.39 is 36.0 Å². The number of rotatable bonds is 6. The van der Waals surface area contributed by atoms with Gasteiger partial charge >= 0.3 is 6.18 Å². The number of alkyl halides is 3. The Hall–Kier alpha value is -2.75. The lowest BCUT2D eigenvalue weighted by molar-refractivity contribution is -0.137. The van der Waals surface area contributed by atoms with Crippen LogP contribution in [0.2, 0.25) is 0 Å². The topological polar surface area (TPSA) is 67.4 Å². The molecule has 0 fully saturated rings. The van der Waals surface area contributed by atoms with E-state index in [9.17, 15) is 27.2 Å². The van der Waals surface area contributed by atoms with Crippen molar-refractivity contribution in [1.29, 1.82) is 0 Å². The molecule has 2 rings (SSSR count). The molecule has 0 aromatic heterocycles. The van der Waals surface area contributed by atoms with Crippen molar-refractivity contribution in [2.45, 2.75) is 11.1 Å². The number of halogens is 4. The van der Waals surface area contributed by atoms with E-state index in [1.165, 1.54) is 24.3 Å². The van der Waals surface area contributed by atoms with Crippen LogP contribution in [0.3, 0.4) is 0 Å². The molecule has 0 aliphatic heterocycles. The summed E-state index contributed by atoms with van der Waals surface area (Å²) in [6.07, 6.45) is -4.52. The van der Waals surface area contributed by atoms with E-state index in [0.717, 1.165) is 30.0 Å². The summed E-state index contributed by atoms with van der Waals surface area (Å²) >= 11 is 0.945. The highest BCUT2D eigenvalue weighted by molar-refractivity contribution is 8.00. The Morgan fingerprint density at radius 3 is 2.41 bits per heavy atom. The zero-order chi connectivity index (χ0) is 19.9. The Bertz CT molecular complexity index is 815. The van der Waals surface area contributed by atoms with Crippen LogP contribution >= 0.6 is 11.8 Å². The Morgan fingerprint density at radius 1 is 1.00 bits per heavy atom. The number of hydrogen-bond donors (Lipinski definition) is 2. The second-order valence-electron chi connectivity index (χ2n) is 5.13. The molecule has 0 aliphatic carbocycles. The van der Waals surface area contributed by atoms with Crippen LogP contribution in [0.1, 0.15) is 5.56 Å². The smallest absolute Gasteiger partial charge is 0.416 e. The van der Waals surface area contributed by atoms with Crippen molar-refractivity contribution in [1.82, 2.24) is 10.9 Å². The predicted octanol–water partition coefficient (Wildman–Crippen LogP) is 3.16. The largest absolute Gasteiger partial charge is 0.484 e. The summed E-state index contributed by atoms with van der Waals surface area (Å²) in [4.78, 5) is 23.5. The van der Waals surface area contributed by atoms with Crippen LogP contribution in [0.25, 0.3) is 0 Å². The van der Waals surface area contributed by atoms with E-state index >= 15 is 0 Å². The fraction of sp³-hybridized carbons (Fsp3) is 0.176. The highest BCUT2D eigenvalue weighted by atomic mass is 32.2. The second kappa shape index (κ2) is 9.26. The number of amides is 2. The zero-order valence-electron chi connectivity index (χ0n) is 13.7. The third-order valence-electron chi connectivity index (χ3n) is 3.07. The number of carbonyl (C=O) groups excluding carboxylic acids is 2. The lowest BCUT2D eigenvalue weighted by Gasteiger charge is -2.11. The minimum Gasteiger partial charge on any atom is -0.484 e. The van der Waals surface area contributed by atoms with Crippen LogP contribution in [0.15, 0.2) is 53.4 Å². The average Bonchev–Trinajstić information content (AvgIpc) is 2.63. The lowest BCUT2D eigenvalue weighted by Crippen LogP contribution is -2.44. The van der Waals surface area contributed by atoms with E-state index in [1.807, 2.05) is 0 Å². The summed E-state index contributed by atoms with van der Waals surface area (Å²) < 4.78 is 56.1. The molecule has 2 N–H and O–H groups in total. The summed E-state index contributed by atoms with van der Waals surface area (Å²) in [6.45, 7) is -0.595. The van der Waals surface area contributed by atoms with E-state index in [0.29, 0.717) is 0 Å². The zero-order valence-corrected chi connectivity index (χ0v) is 14.5. The number of hydrazine groups is 1. The van der Waals surface area contributed by atoms with Gasteiger partial charge in [0.15, 0.2) is 6.61 Å². The van der Waals surface area contributed by atoms with Crippen molar-refractivity contribution in [3.8, 4) is 5.75 Å². The van der Waals surface area contributed by atoms with Gasteiger partial charge in [0.05, 0.1) is 11.3 Å². The number of hydrogen-bond acceptors (Lipinski definition) is 4. The van der Waals surface area contributed by atoms with Crippen LogP contribution in [-0.2, 0) is 15.8 Å². The maximum Gasteiger partial charge on any atom is 0.416 e. The summed E-state index contributed by atoms with van der Waals surface area (Å²) in [6, 6.07) is 9.96. The highest BCUT2D eigenvalue weighted by Crippen LogP contribution is 2.31. The van der Waals surface area contributed by atoms with Gasteiger partial charge in [-0.3, -0.25) is 20.4 Å². The predicted molar refractivity (Wildman–Crippen MR) is 90.3 cm³/mol. The summed E-state index contributed by atoms with van der Waals surface area (Å²) in [5.74, 6) is -2.10. The molecule has 0 aliphatic rings. The number of thioether (sulfide) groups is 1. The monoisotopic (exact) mass is 402 g/mol. The van der Waals surface area contributed by atoms with Crippen LogP contribution in [0.4, 0.5) is 17.6 Å². The number of carbonyl (C=O) groups is 2. The van der Waals surface area contributed by atoms with Gasteiger partial charge in [0.25, 0.3) is 5.91 Å². The van der Waals surface area contributed by atoms with Gasteiger partial charge in [-0.25, -0.2) is 4.39 Å². The molecule has 5 nitrogen and oxygen atoms in total. The van der Waals surface area contributed by atoms with E-state index in [2.05, 4.69) is 10.9 Å². The first-order valence-corrected chi connectivity index (χ1v) is 8.49. The first-order valence-electron chi connectivity index (χ1n) is 7.51. The van der Waals surface area contributed by atoms with Crippen LogP contribution in [0, 0.1) is 5.82 Å². The van der Waals surface area contributed by atoms with Crippen molar-refractivity contribution >= 4 is 23.6 Å². The molecule has 2 aromatic rings. The minimum absolute atomic E-state index is 0.138. The Kier molecular flexibility index (Phi) is 7.05. The van der Waals surface area contributed by atoms with E-state index in [1.54, 1.807) is 6.07 Å². The van der Waals surface area contributed by atoms with Crippen molar-refractivity contribution in [2.24, 2.45) is 0 Å². The molecule has 27 heavy (non-hydrogen) atoms. The van der Waals surface area contributed by atoms with Crippen LogP contribution in [-0.4, -0.2) is 24.2 Å². The molecule has 0 saturated heterocycles.